The van der Waals surface area contributed by atoms with E-state index in [9.17, 15) is 4.79 Å². The third kappa shape index (κ3) is 2.98. The van der Waals surface area contributed by atoms with Gasteiger partial charge in [-0.2, -0.15) is 5.26 Å². The second-order valence-corrected chi connectivity index (χ2v) is 5.61. The molecule has 22 heavy (non-hydrogen) atoms. The lowest BCUT2D eigenvalue weighted by Crippen LogP contribution is -2.41. The zero-order valence-corrected chi connectivity index (χ0v) is 12.3. The zero-order chi connectivity index (χ0) is 15.5. The van der Waals surface area contributed by atoms with Gasteiger partial charge in [0.25, 0.3) is 5.56 Å². The maximum atomic E-state index is 12.1. The number of hydrogen-bond donors (Lipinski definition) is 1. The Hall–Kier alpha value is -2.30. The normalized spacial score (nSPS) is 16.7. The molecule has 0 amide bonds. The molecule has 114 valence electrons. The predicted octanol–water partition coefficient (Wildman–Crippen LogP) is 0.0863. The molecular formula is C15H18N6O. The predicted molar refractivity (Wildman–Crippen MR) is 82.2 cm³/mol. The van der Waals surface area contributed by atoms with Crippen LogP contribution in [0, 0.1) is 11.3 Å². The van der Waals surface area contributed by atoms with E-state index in [0.29, 0.717) is 29.3 Å². The molecule has 1 aliphatic heterocycles. The van der Waals surface area contributed by atoms with Crippen molar-refractivity contribution < 1.29 is 0 Å². The third-order valence-corrected chi connectivity index (χ3v) is 4.10. The van der Waals surface area contributed by atoms with Gasteiger partial charge in [0, 0.05) is 25.3 Å². The molecule has 0 saturated carbocycles. The second kappa shape index (κ2) is 6.22. The monoisotopic (exact) mass is 298 g/mol. The second-order valence-electron chi connectivity index (χ2n) is 5.61. The van der Waals surface area contributed by atoms with Gasteiger partial charge in [-0.1, -0.05) is 0 Å². The van der Waals surface area contributed by atoms with Crippen LogP contribution in [0.15, 0.2) is 23.3 Å². The van der Waals surface area contributed by atoms with Gasteiger partial charge in [-0.25, -0.2) is 9.97 Å². The fourth-order valence-corrected chi connectivity index (χ4v) is 2.76. The summed E-state index contributed by atoms with van der Waals surface area (Å²) in [6.45, 7) is 3.26. The number of piperidine rings is 1. The van der Waals surface area contributed by atoms with Gasteiger partial charge in [0.05, 0.1) is 17.3 Å². The van der Waals surface area contributed by atoms with Crippen LogP contribution in [0.1, 0.15) is 18.4 Å². The standard InChI is InChI=1S/C15H18N6O/c16-8-11-7-13-15(18-9-11)19-10-14(22)21(13)6-5-20-3-1-12(17)2-4-20/h7,9-10,12H,1-6,17H2. The van der Waals surface area contributed by atoms with E-state index in [1.807, 2.05) is 6.07 Å². The summed E-state index contributed by atoms with van der Waals surface area (Å²) in [6.07, 6.45) is 4.74. The minimum absolute atomic E-state index is 0.168. The molecule has 7 heteroatoms. The Morgan fingerprint density at radius 2 is 2.00 bits per heavy atom. The van der Waals surface area contributed by atoms with Crippen LogP contribution in [-0.4, -0.2) is 45.1 Å². The van der Waals surface area contributed by atoms with E-state index in [1.54, 1.807) is 10.6 Å². The summed E-state index contributed by atoms with van der Waals surface area (Å²) in [4.78, 5) is 22.6. The van der Waals surface area contributed by atoms with Gasteiger partial charge in [0.1, 0.15) is 6.07 Å². The van der Waals surface area contributed by atoms with Gasteiger partial charge < -0.3 is 15.2 Å². The van der Waals surface area contributed by atoms with Gasteiger partial charge in [-0.15, -0.1) is 0 Å². The van der Waals surface area contributed by atoms with E-state index in [-0.39, 0.29) is 5.56 Å². The quantitative estimate of drug-likeness (QED) is 0.861. The Balaban J connectivity index is 1.84. The molecule has 3 heterocycles. The molecule has 7 nitrogen and oxygen atoms in total. The summed E-state index contributed by atoms with van der Waals surface area (Å²) in [5, 5.41) is 9.00. The Labute approximate surface area is 128 Å². The van der Waals surface area contributed by atoms with Crippen molar-refractivity contribution in [2.24, 2.45) is 5.73 Å². The molecule has 1 aliphatic rings. The third-order valence-electron chi connectivity index (χ3n) is 4.10. The number of nitrogens with zero attached hydrogens (tertiary/aromatic N) is 5. The molecule has 3 rings (SSSR count). The number of aromatic nitrogens is 3. The molecule has 0 spiro atoms. The summed E-state index contributed by atoms with van der Waals surface area (Å²) in [5.74, 6) is 0. The highest BCUT2D eigenvalue weighted by Crippen LogP contribution is 2.11. The number of pyridine rings is 1. The van der Waals surface area contributed by atoms with Crippen LogP contribution in [0.4, 0.5) is 0 Å². The highest BCUT2D eigenvalue weighted by Gasteiger charge is 2.16. The first-order valence-corrected chi connectivity index (χ1v) is 7.41. The van der Waals surface area contributed by atoms with Crippen LogP contribution >= 0.6 is 0 Å². The summed E-state index contributed by atoms with van der Waals surface area (Å²) < 4.78 is 1.64. The van der Waals surface area contributed by atoms with Crippen molar-refractivity contribution in [3.05, 3.63) is 34.4 Å². The number of likely N-dealkylation sites (tertiary alicyclic amines) is 1. The van der Waals surface area contributed by atoms with Crippen LogP contribution in [0.3, 0.4) is 0 Å². The van der Waals surface area contributed by atoms with Gasteiger partial charge in [0.15, 0.2) is 5.65 Å². The van der Waals surface area contributed by atoms with Crippen molar-refractivity contribution in [1.29, 1.82) is 5.26 Å². The molecule has 1 saturated heterocycles. The average molecular weight is 298 g/mol. The molecule has 0 bridgehead atoms. The lowest BCUT2D eigenvalue weighted by atomic mass is 10.1. The minimum Gasteiger partial charge on any atom is -0.328 e. The van der Waals surface area contributed by atoms with Crippen molar-refractivity contribution in [3.8, 4) is 6.07 Å². The summed E-state index contributed by atoms with van der Waals surface area (Å²) in [7, 11) is 0. The number of nitriles is 1. The Morgan fingerprint density at radius 1 is 1.27 bits per heavy atom. The van der Waals surface area contributed by atoms with Crippen LogP contribution in [0.5, 0.6) is 0 Å². The Bertz CT molecular complexity index is 770. The van der Waals surface area contributed by atoms with Crippen molar-refractivity contribution in [3.63, 3.8) is 0 Å². The Kier molecular flexibility index (Phi) is 4.13. The van der Waals surface area contributed by atoms with Gasteiger partial charge in [-0.3, -0.25) is 4.79 Å². The molecular weight excluding hydrogens is 280 g/mol. The number of rotatable bonds is 3. The lowest BCUT2D eigenvalue weighted by Gasteiger charge is -2.30. The summed E-state index contributed by atoms with van der Waals surface area (Å²) in [6, 6.07) is 4.01. The van der Waals surface area contributed by atoms with Crippen LogP contribution in [0.25, 0.3) is 11.2 Å². The van der Waals surface area contributed by atoms with E-state index in [0.717, 1.165) is 32.5 Å². The largest absolute Gasteiger partial charge is 0.328 e. The molecule has 0 aliphatic carbocycles. The topological polar surface area (TPSA) is 101 Å². The minimum atomic E-state index is -0.168. The van der Waals surface area contributed by atoms with Crippen molar-refractivity contribution >= 4 is 11.2 Å². The summed E-state index contributed by atoms with van der Waals surface area (Å²) >= 11 is 0. The first-order valence-electron chi connectivity index (χ1n) is 7.41. The zero-order valence-electron chi connectivity index (χ0n) is 12.3. The van der Waals surface area contributed by atoms with Crippen LogP contribution < -0.4 is 11.3 Å². The molecule has 2 aromatic heterocycles. The van der Waals surface area contributed by atoms with E-state index < -0.39 is 0 Å². The fraction of sp³-hybridized carbons (Fsp3) is 0.467. The molecule has 0 unspecified atom stereocenters. The van der Waals surface area contributed by atoms with Crippen LogP contribution in [0.2, 0.25) is 0 Å². The Morgan fingerprint density at radius 3 is 2.73 bits per heavy atom. The molecule has 1 fully saturated rings. The molecule has 0 radical (unpaired) electrons. The highest BCUT2D eigenvalue weighted by molar-refractivity contribution is 5.71. The molecule has 2 N–H and O–H groups in total. The van der Waals surface area contributed by atoms with Crippen LogP contribution in [-0.2, 0) is 6.54 Å². The summed E-state index contributed by atoms with van der Waals surface area (Å²) in [5.41, 5.74) is 7.26. The highest BCUT2D eigenvalue weighted by atomic mass is 16.1. The first-order chi connectivity index (χ1) is 10.7. The van der Waals surface area contributed by atoms with Crippen molar-refractivity contribution in [1.82, 2.24) is 19.4 Å². The van der Waals surface area contributed by atoms with E-state index >= 15 is 0 Å². The molecule has 0 atom stereocenters. The van der Waals surface area contributed by atoms with Gasteiger partial charge in [0.2, 0.25) is 0 Å². The smallest absolute Gasteiger partial charge is 0.269 e. The molecule has 0 aromatic carbocycles. The SMILES string of the molecule is N#Cc1cnc2ncc(=O)n(CCN3CCC(N)CC3)c2c1. The maximum absolute atomic E-state index is 12.1. The number of nitrogens with two attached hydrogens (primary N) is 1. The van der Waals surface area contributed by atoms with E-state index in [4.69, 9.17) is 11.0 Å². The number of hydrogen-bond acceptors (Lipinski definition) is 6. The average Bonchev–Trinajstić information content (AvgIpc) is 2.55. The number of fused-ring (bicyclic) bond motifs is 1. The van der Waals surface area contributed by atoms with Gasteiger partial charge >= 0.3 is 0 Å². The maximum Gasteiger partial charge on any atom is 0.269 e. The van der Waals surface area contributed by atoms with E-state index in [1.165, 1.54) is 12.4 Å². The van der Waals surface area contributed by atoms with Crippen molar-refractivity contribution in [2.45, 2.75) is 25.4 Å². The van der Waals surface area contributed by atoms with E-state index in [2.05, 4.69) is 14.9 Å². The lowest BCUT2D eigenvalue weighted by molar-refractivity contribution is 0.206. The molecule has 2 aromatic rings. The van der Waals surface area contributed by atoms with Gasteiger partial charge in [-0.05, 0) is 32.0 Å². The van der Waals surface area contributed by atoms with Crippen molar-refractivity contribution in [2.75, 3.05) is 19.6 Å². The fourth-order valence-electron chi connectivity index (χ4n) is 2.76. The first kappa shape index (κ1) is 14.6.